The summed E-state index contributed by atoms with van der Waals surface area (Å²) in [5.74, 6) is -0.293. The molecule has 1 amide bonds. The van der Waals surface area contributed by atoms with Crippen molar-refractivity contribution in [3.05, 3.63) is 58.6 Å². The zero-order valence-electron chi connectivity index (χ0n) is 15.6. The number of nitriles is 1. The van der Waals surface area contributed by atoms with Gasteiger partial charge in [-0.2, -0.15) is 9.98 Å². The molecule has 2 aromatic carbocycles. The Balaban J connectivity index is 1.48. The van der Waals surface area contributed by atoms with Gasteiger partial charge in [0.2, 0.25) is 5.91 Å². The lowest BCUT2D eigenvalue weighted by Gasteiger charge is -2.17. The largest absolute Gasteiger partial charge is 0.398 e. The molecule has 2 heterocycles. The van der Waals surface area contributed by atoms with Crippen molar-refractivity contribution in [3.8, 4) is 6.07 Å². The smallest absolute Gasteiger partial charge is 0.250 e. The van der Waals surface area contributed by atoms with Crippen LogP contribution in [0.5, 0.6) is 0 Å². The van der Waals surface area contributed by atoms with E-state index < -0.39 is 16.1 Å². The fourth-order valence-electron chi connectivity index (χ4n) is 3.38. The third-order valence-electron chi connectivity index (χ3n) is 4.93. The lowest BCUT2D eigenvalue weighted by molar-refractivity contribution is -0.129. The van der Waals surface area contributed by atoms with E-state index in [9.17, 15) is 13.2 Å². The van der Waals surface area contributed by atoms with E-state index in [1.165, 1.54) is 0 Å². The van der Waals surface area contributed by atoms with Crippen LogP contribution in [-0.4, -0.2) is 31.8 Å². The summed E-state index contributed by atoms with van der Waals surface area (Å²) in [6.45, 7) is 0.702. The Labute approximate surface area is 182 Å². The van der Waals surface area contributed by atoms with Gasteiger partial charge in [-0.3, -0.25) is 4.79 Å². The van der Waals surface area contributed by atoms with Crippen LogP contribution in [-0.2, 0) is 21.4 Å². The number of fused-ring (bicyclic) bond motifs is 1. The van der Waals surface area contributed by atoms with E-state index in [2.05, 4.69) is 4.72 Å². The maximum atomic E-state index is 12.8. The van der Waals surface area contributed by atoms with Gasteiger partial charge >= 0.3 is 0 Å². The molecular formula is C20H17ClN4O3S2. The zero-order valence-corrected chi connectivity index (χ0v) is 18.0. The van der Waals surface area contributed by atoms with E-state index in [-0.39, 0.29) is 16.7 Å². The van der Waals surface area contributed by atoms with Gasteiger partial charge in [-0.05, 0) is 47.7 Å². The first kappa shape index (κ1) is 20.6. The van der Waals surface area contributed by atoms with E-state index in [1.807, 2.05) is 6.07 Å². The number of nitrogens with one attached hydrogen (secondary N) is 1. The molecule has 1 aliphatic heterocycles. The molecule has 3 aromatic rings. The molecule has 4 rings (SSSR count). The molecule has 10 heteroatoms. The second kappa shape index (κ2) is 7.89. The number of amides is 1. The molecule has 7 nitrogen and oxygen atoms in total. The van der Waals surface area contributed by atoms with Gasteiger partial charge in [0.25, 0.3) is 10.0 Å². The lowest BCUT2D eigenvalue weighted by Crippen LogP contribution is -2.41. The highest BCUT2D eigenvalue weighted by Gasteiger charge is 2.35. The van der Waals surface area contributed by atoms with Gasteiger partial charge in [0.15, 0.2) is 0 Å². The highest BCUT2D eigenvalue weighted by molar-refractivity contribution is 7.91. The highest BCUT2D eigenvalue weighted by Crippen LogP contribution is 2.31. The molecule has 0 bridgehead atoms. The highest BCUT2D eigenvalue weighted by atomic mass is 35.5. The molecule has 1 atom stereocenters. The van der Waals surface area contributed by atoms with Crippen molar-refractivity contribution in [2.45, 2.75) is 23.2 Å². The summed E-state index contributed by atoms with van der Waals surface area (Å²) in [5.41, 5.74) is 7.22. The van der Waals surface area contributed by atoms with Gasteiger partial charge < -0.3 is 10.6 Å². The average Bonchev–Trinajstić information content (AvgIpc) is 3.28. The van der Waals surface area contributed by atoms with Crippen LogP contribution in [0.2, 0.25) is 5.02 Å². The molecule has 0 radical (unpaired) electrons. The summed E-state index contributed by atoms with van der Waals surface area (Å²) in [5, 5.41) is 10.4. The Morgan fingerprint density at radius 2 is 2.07 bits per heavy atom. The normalized spacial score (nSPS) is 16.9. The number of anilines is 1. The first-order valence-corrected chi connectivity index (χ1v) is 11.7. The number of carbonyl (C=O) groups excluding carboxylic acids is 1. The number of likely N-dealkylation sites (tertiary alicyclic amines) is 1. The molecule has 0 aliphatic carbocycles. The van der Waals surface area contributed by atoms with E-state index in [0.29, 0.717) is 29.2 Å². The molecule has 1 aliphatic rings. The number of sulfonamides is 1. The quantitative estimate of drug-likeness (QED) is 0.567. The predicted molar refractivity (Wildman–Crippen MR) is 117 cm³/mol. The van der Waals surface area contributed by atoms with Gasteiger partial charge in [0.1, 0.15) is 16.3 Å². The minimum absolute atomic E-state index is 0.142. The third-order valence-corrected chi connectivity index (χ3v) is 8.21. The molecular weight excluding hydrogens is 444 g/mol. The van der Waals surface area contributed by atoms with Crippen molar-refractivity contribution in [3.63, 3.8) is 0 Å². The fraction of sp³-hybridized carbons (Fsp3) is 0.200. The number of benzene rings is 2. The standard InChI is InChI=1S/C20H17ClN4O3S2/c21-15-3-2-13-8-19(29-18(13)9-15)30(27,28)24-17-5-6-25(20(17)26)11-12-1-4-16(23)14(7-12)10-22/h1-4,7-9,17,24H,5-6,11,23H2/t17-/m0/s1. The minimum atomic E-state index is -3.85. The maximum Gasteiger partial charge on any atom is 0.250 e. The Kier molecular flexibility index (Phi) is 5.42. The SMILES string of the molecule is N#Cc1cc(CN2CC[C@H](NS(=O)(=O)c3cc4ccc(Cl)cc4s3)C2=O)ccc1N. The topological polar surface area (TPSA) is 116 Å². The average molecular weight is 461 g/mol. The van der Waals surface area contributed by atoms with Crippen LogP contribution in [0.15, 0.2) is 46.7 Å². The number of halogens is 1. The van der Waals surface area contributed by atoms with Crippen molar-refractivity contribution in [2.24, 2.45) is 0 Å². The molecule has 1 aromatic heterocycles. The predicted octanol–water partition coefficient (Wildman–Crippen LogP) is 3.09. The summed E-state index contributed by atoms with van der Waals surface area (Å²) >= 11 is 7.09. The number of nitrogens with zero attached hydrogens (tertiary/aromatic N) is 2. The number of nitrogen functional groups attached to an aromatic ring is 1. The Bertz CT molecular complexity index is 1300. The van der Waals surface area contributed by atoms with Crippen LogP contribution in [0.1, 0.15) is 17.5 Å². The van der Waals surface area contributed by atoms with E-state index in [4.69, 9.17) is 22.6 Å². The Hall–Kier alpha value is -2.64. The first-order valence-electron chi connectivity index (χ1n) is 9.05. The molecule has 0 saturated carbocycles. The Morgan fingerprint density at radius 3 is 2.83 bits per heavy atom. The second-order valence-electron chi connectivity index (χ2n) is 7.00. The van der Waals surface area contributed by atoms with Crippen molar-refractivity contribution in [1.82, 2.24) is 9.62 Å². The number of carbonyl (C=O) groups is 1. The summed E-state index contributed by atoms with van der Waals surface area (Å²) < 4.78 is 29.1. The van der Waals surface area contributed by atoms with Gasteiger partial charge in [0.05, 0.1) is 5.56 Å². The van der Waals surface area contributed by atoms with Crippen LogP contribution < -0.4 is 10.5 Å². The molecule has 0 unspecified atom stereocenters. The van der Waals surface area contributed by atoms with Crippen molar-refractivity contribution in [1.29, 1.82) is 5.26 Å². The molecule has 3 N–H and O–H groups in total. The zero-order chi connectivity index (χ0) is 21.5. The summed E-state index contributed by atoms with van der Waals surface area (Å²) in [6.07, 6.45) is 0.370. The van der Waals surface area contributed by atoms with Gasteiger partial charge in [0, 0.05) is 28.5 Å². The molecule has 1 fully saturated rings. The molecule has 154 valence electrons. The molecule has 30 heavy (non-hydrogen) atoms. The van der Waals surface area contributed by atoms with Crippen molar-refractivity contribution < 1.29 is 13.2 Å². The number of nitrogens with two attached hydrogens (primary N) is 1. The lowest BCUT2D eigenvalue weighted by atomic mass is 10.1. The fourth-order valence-corrected chi connectivity index (χ4v) is 6.30. The van der Waals surface area contributed by atoms with E-state index >= 15 is 0 Å². The second-order valence-corrected chi connectivity index (χ2v) is 10.5. The maximum absolute atomic E-state index is 12.8. The van der Waals surface area contributed by atoms with Crippen LogP contribution >= 0.6 is 22.9 Å². The monoisotopic (exact) mass is 460 g/mol. The summed E-state index contributed by atoms with van der Waals surface area (Å²) in [4.78, 5) is 14.3. The number of hydrogen-bond donors (Lipinski definition) is 2. The molecule has 0 spiro atoms. The molecule has 1 saturated heterocycles. The van der Waals surface area contributed by atoms with Gasteiger partial charge in [-0.25, -0.2) is 8.42 Å². The van der Waals surface area contributed by atoms with Crippen LogP contribution in [0, 0.1) is 11.3 Å². The third kappa shape index (κ3) is 4.00. The summed E-state index contributed by atoms with van der Waals surface area (Å²) in [7, 11) is -3.85. The van der Waals surface area contributed by atoms with Crippen LogP contribution in [0.25, 0.3) is 10.1 Å². The minimum Gasteiger partial charge on any atom is -0.398 e. The van der Waals surface area contributed by atoms with Crippen LogP contribution in [0.3, 0.4) is 0 Å². The van der Waals surface area contributed by atoms with Crippen molar-refractivity contribution in [2.75, 3.05) is 12.3 Å². The van der Waals surface area contributed by atoms with E-state index in [0.717, 1.165) is 27.0 Å². The first-order chi connectivity index (χ1) is 14.3. The van der Waals surface area contributed by atoms with Gasteiger partial charge in [-0.15, -0.1) is 11.3 Å². The van der Waals surface area contributed by atoms with E-state index in [1.54, 1.807) is 47.4 Å². The number of hydrogen-bond acceptors (Lipinski definition) is 6. The Morgan fingerprint density at radius 1 is 1.27 bits per heavy atom. The summed E-state index contributed by atoms with van der Waals surface area (Å²) in [6, 6.07) is 13.0. The van der Waals surface area contributed by atoms with Crippen LogP contribution in [0.4, 0.5) is 5.69 Å². The number of rotatable bonds is 5. The number of thiophene rings is 1. The van der Waals surface area contributed by atoms with Crippen molar-refractivity contribution >= 4 is 54.6 Å². The van der Waals surface area contributed by atoms with Gasteiger partial charge in [-0.1, -0.05) is 23.7 Å².